The molecular formula is C22H18ClN3O3. The molecule has 0 radical (unpaired) electrons. The number of esters is 1. The first-order valence-corrected chi connectivity index (χ1v) is 9.16. The van der Waals surface area contributed by atoms with Gasteiger partial charge in [-0.15, -0.1) is 0 Å². The van der Waals surface area contributed by atoms with Gasteiger partial charge in [0.2, 0.25) is 0 Å². The van der Waals surface area contributed by atoms with Crippen LogP contribution in [0, 0.1) is 0 Å². The number of carbonyl (C=O) groups is 2. The van der Waals surface area contributed by atoms with Crippen LogP contribution in [0.25, 0.3) is 0 Å². The number of halogens is 1. The topological polar surface area (TPSA) is 79.8 Å². The van der Waals surface area contributed by atoms with Crippen LogP contribution >= 0.6 is 11.6 Å². The first kappa shape index (κ1) is 20.1. The van der Waals surface area contributed by atoms with E-state index >= 15 is 0 Å². The molecular weight excluding hydrogens is 390 g/mol. The molecule has 3 aromatic carbocycles. The van der Waals surface area contributed by atoms with Gasteiger partial charge in [0.25, 0.3) is 5.91 Å². The third-order valence-electron chi connectivity index (χ3n) is 3.80. The van der Waals surface area contributed by atoms with Gasteiger partial charge in [0.15, 0.2) is 0 Å². The summed E-state index contributed by atoms with van der Waals surface area (Å²) >= 11 is 5.81. The summed E-state index contributed by atoms with van der Waals surface area (Å²) in [5, 5.41) is 7.46. The molecule has 2 N–H and O–H groups in total. The second-order valence-corrected chi connectivity index (χ2v) is 6.41. The molecule has 0 aromatic heterocycles. The molecule has 0 saturated heterocycles. The van der Waals surface area contributed by atoms with Crippen molar-refractivity contribution in [2.45, 2.75) is 0 Å². The number of nitrogens with zero attached hydrogens (tertiary/aromatic N) is 1. The number of carbonyl (C=O) groups excluding carboxylic acids is 2. The number of amides is 1. The minimum atomic E-state index is -0.471. The van der Waals surface area contributed by atoms with E-state index in [-0.39, 0.29) is 12.5 Å². The normalized spacial score (nSPS) is 10.5. The van der Waals surface area contributed by atoms with Gasteiger partial charge >= 0.3 is 5.97 Å². The number of hydrazone groups is 1. The molecule has 0 heterocycles. The van der Waals surface area contributed by atoms with Crippen molar-refractivity contribution in [2.75, 3.05) is 11.9 Å². The van der Waals surface area contributed by atoms with Crippen molar-refractivity contribution >= 4 is 35.4 Å². The summed E-state index contributed by atoms with van der Waals surface area (Å²) in [4.78, 5) is 23.9. The van der Waals surface area contributed by atoms with Crippen LogP contribution < -0.4 is 15.5 Å². The smallest absolute Gasteiger partial charge is 0.343 e. The van der Waals surface area contributed by atoms with Crippen LogP contribution in [0.5, 0.6) is 5.75 Å². The minimum absolute atomic E-state index is 0.112. The minimum Gasteiger partial charge on any atom is -0.423 e. The second-order valence-electron chi connectivity index (χ2n) is 5.98. The van der Waals surface area contributed by atoms with Gasteiger partial charge < -0.3 is 10.1 Å². The zero-order valence-corrected chi connectivity index (χ0v) is 16.1. The molecule has 3 rings (SSSR count). The van der Waals surface area contributed by atoms with Gasteiger partial charge in [-0.2, -0.15) is 5.10 Å². The summed E-state index contributed by atoms with van der Waals surface area (Å²) in [5.41, 5.74) is 4.46. The van der Waals surface area contributed by atoms with Crippen molar-refractivity contribution < 1.29 is 14.3 Å². The zero-order valence-electron chi connectivity index (χ0n) is 15.3. The molecule has 29 heavy (non-hydrogen) atoms. The van der Waals surface area contributed by atoms with Gasteiger partial charge in [-0.25, -0.2) is 10.2 Å². The van der Waals surface area contributed by atoms with Gasteiger partial charge in [0.1, 0.15) is 5.75 Å². The van der Waals surface area contributed by atoms with Crippen molar-refractivity contribution in [3.05, 3.63) is 95.0 Å². The molecule has 7 heteroatoms. The molecule has 0 aliphatic carbocycles. The molecule has 0 saturated carbocycles. The maximum Gasteiger partial charge on any atom is 0.343 e. The molecule has 0 unspecified atom stereocenters. The quantitative estimate of drug-likeness (QED) is 0.267. The first-order valence-electron chi connectivity index (χ1n) is 8.79. The molecule has 0 aliphatic rings. The molecule has 0 bridgehead atoms. The Balaban J connectivity index is 1.46. The fourth-order valence-corrected chi connectivity index (χ4v) is 2.46. The largest absolute Gasteiger partial charge is 0.423 e. The Morgan fingerprint density at radius 1 is 0.931 bits per heavy atom. The number of hydrogen-bond donors (Lipinski definition) is 2. The highest BCUT2D eigenvalue weighted by Crippen LogP contribution is 2.15. The lowest BCUT2D eigenvalue weighted by atomic mass is 10.2. The number of rotatable bonds is 7. The summed E-state index contributed by atoms with van der Waals surface area (Å²) in [6.45, 7) is 0.112. The van der Waals surface area contributed by atoms with Crippen LogP contribution in [0.2, 0.25) is 5.02 Å². The maximum absolute atomic E-state index is 12.1. The summed E-state index contributed by atoms with van der Waals surface area (Å²) < 4.78 is 5.31. The second kappa shape index (κ2) is 10.1. The lowest BCUT2D eigenvalue weighted by molar-refractivity contribution is -0.119. The van der Waals surface area contributed by atoms with Crippen molar-refractivity contribution in [3.8, 4) is 5.75 Å². The van der Waals surface area contributed by atoms with E-state index in [1.165, 1.54) is 6.21 Å². The number of para-hydroxylation sites is 1. The lowest BCUT2D eigenvalue weighted by Gasteiger charge is -2.05. The highest BCUT2D eigenvalue weighted by atomic mass is 35.5. The fourth-order valence-electron chi connectivity index (χ4n) is 2.33. The molecule has 0 spiro atoms. The number of ether oxygens (including phenoxy) is 1. The predicted molar refractivity (Wildman–Crippen MR) is 114 cm³/mol. The third-order valence-corrected chi connectivity index (χ3v) is 4.05. The summed E-state index contributed by atoms with van der Waals surface area (Å²) in [7, 11) is 0. The Bertz CT molecular complexity index is 988. The van der Waals surface area contributed by atoms with E-state index in [1.807, 2.05) is 30.3 Å². The number of anilines is 1. The highest BCUT2D eigenvalue weighted by Gasteiger charge is 2.08. The van der Waals surface area contributed by atoms with Crippen molar-refractivity contribution in [2.24, 2.45) is 5.10 Å². The average Bonchev–Trinajstić information content (AvgIpc) is 2.75. The SMILES string of the molecule is O=C(CNc1ccccc1)N/N=C\c1ccc(OC(=O)c2ccc(Cl)cc2)cc1. The van der Waals surface area contributed by atoms with Gasteiger partial charge in [-0.3, -0.25) is 4.79 Å². The standard InChI is InChI=1S/C22H18ClN3O3/c23-18-10-8-17(9-11-18)22(28)29-20-12-6-16(7-13-20)14-25-26-21(27)15-24-19-4-2-1-3-5-19/h1-14,24H,15H2,(H,26,27)/b25-14-. The number of hydrogen-bond acceptors (Lipinski definition) is 5. The van der Waals surface area contributed by atoms with E-state index in [0.29, 0.717) is 16.3 Å². The average molecular weight is 408 g/mol. The molecule has 0 aliphatic heterocycles. The van der Waals surface area contributed by atoms with Crippen molar-refractivity contribution in [1.82, 2.24) is 5.43 Å². The van der Waals surface area contributed by atoms with Gasteiger partial charge in [0, 0.05) is 10.7 Å². The van der Waals surface area contributed by atoms with Crippen molar-refractivity contribution in [1.29, 1.82) is 0 Å². The maximum atomic E-state index is 12.1. The van der Waals surface area contributed by atoms with E-state index in [4.69, 9.17) is 16.3 Å². The predicted octanol–water partition coefficient (Wildman–Crippen LogP) is 4.12. The lowest BCUT2D eigenvalue weighted by Crippen LogP contribution is -2.25. The van der Waals surface area contributed by atoms with Crippen LogP contribution in [0.1, 0.15) is 15.9 Å². The molecule has 0 atom stereocenters. The zero-order chi connectivity index (χ0) is 20.5. The summed E-state index contributed by atoms with van der Waals surface area (Å²) in [6.07, 6.45) is 1.51. The Morgan fingerprint density at radius 3 is 2.31 bits per heavy atom. The third kappa shape index (κ3) is 6.48. The Hall–Kier alpha value is -3.64. The number of benzene rings is 3. The van der Waals surface area contributed by atoms with Gasteiger partial charge in [-0.05, 0) is 66.2 Å². The molecule has 3 aromatic rings. The summed E-state index contributed by atoms with van der Waals surface area (Å²) in [6, 6.07) is 22.6. The Kier molecular flexibility index (Phi) is 6.97. The Labute approximate surface area is 173 Å². The molecule has 146 valence electrons. The van der Waals surface area contributed by atoms with Crippen LogP contribution in [0.4, 0.5) is 5.69 Å². The van der Waals surface area contributed by atoms with Gasteiger partial charge in [0.05, 0.1) is 18.3 Å². The highest BCUT2D eigenvalue weighted by molar-refractivity contribution is 6.30. The number of nitrogens with one attached hydrogen (secondary N) is 2. The monoisotopic (exact) mass is 407 g/mol. The van der Waals surface area contributed by atoms with Crippen LogP contribution in [-0.4, -0.2) is 24.6 Å². The van der Waals surface area contributed by atoms with Crippen LogP contribution in [-0.2, 0) is 4.79 Å². The Morgan fingerprint density at radius 2 is 1.62 bits per heavy atom. The summed E-state index contributed by atoms with van der Waals surface area (Å²) in [5.74, 6) is -0.335. The van der Waals surface area contributed by atoms with Crippen molar-refractivity contribution in [3.63, 3.8) is 0 Å². The van der Waals surface area contributed by atoms with Crippen LogP contribution in [0.15, 0.2) is 84.0 Å². The molecule has 6 nitrogen and oxygen atoms in total. The first-order chi connectivity index (χ1) is 14.1. The van der Waals surface area contributed by atoms with E-state index in [1.54, 1.807) is 48.5 Å². The van der Waals surface area contributed by atoms with Crippen LogP contribution in [0.3, 0.4) is 0 Å². The van der Waals surface area contributed by atoms with E-state index in [9.17, 15) is 9.59 Å². The van der Waals surface area contributed by atoms with E-state index in [2.05, 4.69) is 15.8 Å². The van der Waals surface area contributed by atoms with Gasteiger partial charge in [-0.1, -0.05) is 29.8 Å². The van der Waals surface area contributed by atoms with E-state index < -0.39 is 5.97 Å². The van der Waals surface area contributed by atoms with E-state index in [0.717, 1.165) is 11.3 Å². The molecule has 0 fully saturated rings. The fraction of sp³-hybridized carbons (Fsp3) is 0.0455. The molecule has 1 amide bonds.